The van der Waals surface area contributed by atoms with Crippen molar-refractivity contribution in [2.24, 2.45) is 16.3 Å². The molecule has 2 bridgehead atoms. The maximum Gasteiger partial charge on any atom is 0.191 e. The van der Waals surface area contributed by atoms with Gasteiger partial charge in [-0.2, -0.15) is 0 Å². The number of guanidine groups is 1. The van der Waals surface area contributed by atoms with Crippen LogP contribution in [0.25, 0.3) is 0 Å². The zero-order chi connectivity index (χ0) is 19.4. The van der Waals surface area contributed by atoms with Gasteiger partial charge in [-0.25, -0.2) is 0 Å². The van der Waals surface area contributed by atoms with E-state index in [1.165, 1.54) is 38.5 Å². The molecular weight excluding hydrogens is 336 g/mol. The molecule has 0 aliphatic carbocycles. The summed E-state index contributed by atoms with van der Waals surface area (Å²) in [6, 6.07) is 2.04. The van der Waals surface area contributed by atoms with E-state index >= 15 is 0 Å². The molecule has 5 heteroatoms. The zero-order valence-electron chi connectivity index (χ0n) is 18.3. The van der Waals surface area contributed by atoms with Gasteiger partial charge in [0.05, 0.1) is 6.10 Å². The van der Waals surface area contributed by atoms with Gasteiger partial charge in [0.25, 0.3) is 0 Å². The number of fused-ring (bicyclic) bond motifs is 2. The zero-order valence-corrected chi connectivity index (χ0v) is 18.3. The smallest absolute Gasteiger partial charge is 0.191 e. The molecule has 3 saturated heterocycles. The first-order chi connectivity index (χ1) is 12.9. The lowest BCUT2D eigenvalue weighted by molar-refractivity contribution is -0.0823. The molecule has 2 N–H and O–H groups in total. The summed E-state index contributed by atoms with van der Waals surface area (Å²) in [7, 11) is 2.32. The Kier molecular flexibility index (Phi) is 7.07. The fourth-order valence-corrected chi connectivity index (χ4v) is 5.44. The quantitative estimate of drug-likeness (QED) is 0.581. The molecule has 3 aliphatic heterocycles. The van der Waals surface area contributed by atoms with Crippen molar-refractivity contribution in [1.29, 1.82) is 0 Å². The Labute approximate surface area is 166 Å². The van der Waals surface area contributed by atoms with Crippen molar-refractivity contribution in [2.45, 2.75) is 96.9 Å². The number of piperidine rings is 2. The van der Waals surface area contributed by atoms with Crippen molar-refractivity contribution in [1.82, 2.24) is 15.5 Å². The highest BCUT2D eigenvalue weighted by Gasteiger charge is 2.37. The molecule has 0 aromatic carbocycles. The van der Waals surface area contributed by atoms with Crippen LogP contribution in [0.5, 0.6) is 0 Å². The molecule has 3 heterocycles. The molecule has 0 aromatic heterocycles. The maximum atomic E-state index is 6.14. The Morgan fingerprint density at radius 2 is 1.81 bits per heavy atom. The summed E-state index contributed by atoms with van der Waals surface area (Å²) in [4.78, 5) is 7.63. The second-order valence-electron chi connectivity index (χ2n) is 10.00. The van der Waals surface area contributed by atoms with Crippen molar-refractivity contribution >= 4 is 5.96 Å². The van der Waals surface area contributed by atoms with Crippen LogP contribution in [0.4, 0.5) is 0 Å². The minimum absolute atomic E-state index is 0.178. The van der Waals surface area contributed by atoms with Crippen molar-refractivity contribution in [3.8, 4) is 0 Å². The molecule has 3 rings (SSSR count). The standard InChI is InChI=1S/C22H42N4O/c1-6-23-21(24-15-16-9-8-12-27-20(16)22(2,3)4)25-17-13-18-10-7-11-19(14-17)26(18)5/h16-20H,6-15H2,1-5H3,(H2,23,24,25). The average molecular weight is 379 g/mol. The van der Waals surface area contributed by atoms with Crippen LogP contribution in [-0.2, 0) is 4.74 Å². The Morgan fingerprint density at radius 3 is 2.44 bits per heavy atom. The Hall–Kier alpha value is -0.810. The fraction of sp³-hybridized carbons (Fsp3) is 0.955. The first-order valence-corrected chi connectivity index (χ1v) is 11.3. The van der Waals surface area contributed by atoms with Gasteiger partial charge in [-0.1, -0.05) is 27.2 Å². The van der Waals surface area contributed by atoms with Crippen LogP contribution in [0.1, 0.15) is 72.6 Å². The van der Waals surface area contributed by atoms with Gasteiger partial charge in [0, 0.05) is 43.7 Å². The molecule has 3 aliphatic rings. The highest BCUT2D eigenvalue weighted by Crippen LogP contribution is 2.34. The number of rotatable bonds is 4. The summed E-state index contributed by atoms with van der Waals surface area (Å²) < 4.78 is 6.14. The van der Waals surface area contributed by atoms with Crippen LogP contribution in [-0.4, -0.2) is 61.8 Å². The molecular formula is C22H42N4O. The molecule has 5 nitrogen and oxygen atoms in total. The second kappa shape index (κ2) is 9.13. The van der Waals surface area contributed by atoms with Crippen LogP contribution in [0.2, 0.25) is 0 Å². The predicted octanol–water partition coefficient (Wildman–Crippen LogP) is 3.40. The van der Waals surface area contributed by atoms with Crippen molar-refractivity contribution < 1.29 is 4.74 Å². The summed E-state index contributed by atoms with van der Waals surface area (Å²) in [5.74, 6) is 1.52. The van der Waals surface area contributed by atoms with Gasteiger partial charge in [0.2, 0.25) is 0 Å². The van der Waals surface area contributed by atoms with Crippen LogP contribution < -0.4 is 10.6 Å². The molecule has 0 aromatic rings. The minimum atomic E-state index is 0.178. The number of ether oxygens (including phenoxy) is 1. The highest BCUT2D eigenvalue weighted by atomic mass is 16.5. The number of nitrogens with one attached hydrogen (secondary N) is 2. The first kappa shape index (κ1) is 20.9. The van der Waals surface area contributed by atoms with Gasteiger partial charge in [-0.3, -0.25) is 4.99 Å². The summed E-state index contributed by atoms with van der Waals surface area (Å²) in [6.45, 7) is 11.7. The van der Waals surface area contributed by atoms with E-state index in [0.717, 1.165) is 44.2 Å². The van der Waals surface area contributed by atoms with Crippen LogP contribution in [0, 0.1) is 11.3 Å². The van der Waals surface area contributed by atoms with Crippen molar-refractivity contribution in [2.75, 3.05) is 26.7 Å². The Morgan fingerprint density at radius 1 is 1.11 bits per heavy atom. The van der Waals surface area contributed by atoms with E-state index in [4.69, 9.17) is 9.73 Å². The number of hydrogen-bond acceptors (Lipinski definition) is 3. The van der Waals surface area contributed by atoms with E-state index in [2.05, 4.69) is 50.3 Å². The second-order valence-corrected chi connectivity index (χ2v) is 10.00. The van der Waals surface area contributed by atoms with Gasteiger partial charge in [-0.15, -0.1) is 0 Å². The van der Waals surface area contributed by atoms with Crippen LogP contribution >= 0.6 is 0 Å². The molecule has 0 amide bonds. The minimum Gasteiger partial charge on any atom is -0.377 e. The average Bonchev–Trinajstić information content (AvgIpc) is 2.60. The molecule has 3 fully saturated rings. The molecule has 27 heavy (non-hydrogen) atoms. The highest BCUT2D eigenvalue weighted by molar-refractivity contribution is 5.80. The van der Waals surface area contributed by atoms with Gasteiger partial charge < -0.3 is 20.3 Å². The maximum absolute atomic E-state index is 6.14. The number of aliphatic imine (C=N–C) groups is 1. The van der Waals surface area contributed by atoms with E-state index in [1.54, 1.807) is 0 Å². The van der Waals surface area contributed by atoms with Crippen molar-refractivity contribution in [3.05, 3.63) is 0 Å². The molecule has 0 radical (unpaired) electrons. The van der Waals surface area contributed by atoms with E-state index in [1.807, 2.05) is 0 Å². The molecule has 4 atom stereocenters. The summed E-state index contributed by atoms with van der Waals surface area (Å²) in [5, 5.41) is 7.26. The lowest BCUT2D eigenvalue weighted by Gasteiger charge is -2.47. The van der Waals surface area contributed by atoms with Crippen molar-refractivity contribution in [3.63, 3.8) is 0 Å². The van der Waals surface area contributed by atoms with E-state index < -0.39 is 0 Å². The van der Waals surface area contributed by atoms with Gasteiger partial charge >= 0.3 is 0 Å². The normalized spacial score (nSPS) is 35.7. The van der Waals surface area contributed by atoms with Gasteiger partial charge in [0.15, 0.2) is 5.96 Å². The van der Waals surface area contributed by atoms with E-state index in [0.29, 0.717) is 18.1 Å². The van der Waals surface area contributed by atoms with E-state index in [9.17, 15) is 0 Å². The SMILES string of the molecule is CCNC(=NCC1CCCOC1C(C)(C)C)NC1CC2CCCC(C1)N2C. The number of hydrogen-bond donors (Lipinski definition) is 2. The van der Waals surface area contributed by atoms with Gasteiger partial charge in [0.1, 0.15) is 0 Å². The summed E-state index contributed by atoms with van der Waals surface area (Å²) in [6.07, 6.45) is 9.29. The third-order valence-electron chi connectivity index (χ3n) is 6.81. The largest absolute Gasteiger partial charge is 0.377 e. The lowest BCUT2D eigenvalue weighted by Crippen LogP contribution is -2.56. The third-order valence-corrected chi connectivity index (χ3v) is 6.81. The van der Waals surface area contributed by atoms with Crippen LogP contribution in [0.3, 0.4) is 0 Å². The van der Waals surface area contributed by atoms with E-state index in [-0.39, 0.29) is 5.41 Å². The number of nitrogens with zero attached hydrogens (tertiary/aromatic N) is 2. The Bertz CT molecular complexity index is 487. The lowest BCUT2D eigenvalue weighted by atomic mass is 9.78. The first-order valence-electron chi connectivity index (χ1n) is 11.3. The fourth-order valence-electron chi connectivity index (χ4n) is 5.44. The topological polar surface area (TPSA) is 48.9 Å². The monoisotopic (exact) mass is 378 g/mol. The molecule has 4 unspecified atom stereocenters. The Balaban J connectivity index is 1.61. The summed E-state index contributed by atoms with van der Waals surface area (Å²) >= 11 is 0. The predicted molar refractivity (Wildman–Crippen MR) is 113 cm³/mol. The molecule has 0 saturated carbocycles. The van der Waals surface area contributed by atoms with Crippen LogP contribution in [0.15, 0.2) is 4.99 Å². The van der Waals surface area contributed by atoms with Gasteiger partial charge in [-0.05, 0) is 57.9 Å². The molecule has 156 valence electrons. The summed E-state index contributed by atoms with van der Waals surface area (Å²) in [5.41, 5.74) is 0.178. The molecule has 0 spiro atoms. The third kappa shape index (κ3) is 5.38.